The minimum absolute atomic E-state index is 0.0391. The van der Waals surface area contributed by atoms with Gasteiger partial charge in [0, 0.05) is 24.5 Å². The maximum atomic E-state index is 14.0. The van der Waals surface area contributed by atoms with Crippen molar-refractivity contribution in [2.24, 2.45) is 0 Å². The summed E-state index contributed by atoms with van der Waals surface area (Å²) in [7, 11) is -2.47. The summed E-state index contributed by atoms with van der Waals surface area (Å²) in [6.45, 7) is 1.86. The first kappa shape index (κ1) is 31.3. The van der Waals surface area contributed by atoms with Crippen LogP contribution < -0.4 is 14.4 Å². The number of carbonyl (C=O) groups excluding carboxylic acids is 2. The number of amides is 2. The molecule has 3 aromatic rings. The topological polar surface area (TPSA) is 96.0 Å². The van der Waals surface area contributed by atoms with Crippen LogP contribution in [0, 0.1) is 0 Å². The van der Waals surface area contributed by atoms with Crippen LogP contribution in [-0.4, -0.2) is 57.6 Å². The number of sulfonamides is 1. The predicted molar refractivity (Wildman–Crippen MR) is 159 cm³/mol. The lowest BCUT2D eigenvalue weighted by molar-refractivity contribution is -0.140. The Morgan fingerprint density at radius 1 is 0.975 bits per heavy atom. The maximum Gasteiger partial charge on any atom is 0.244 e. The fraction of sp³-hybridized carbons (Fsp3) is 0.310. The molecule has 0 spiro atoms. The number of benzene rings is 3. The third kappa shape index (κ3) is 8.61. The normalized spacial score (nSPS) is 11.9. The molecule has 1 atom stereocenters. The molecule has 0 saturated heterocycles. The summed E-state index contributed by atoms with van der Waals surface area (Å²) < 4.78 is 31.9. The molecule has 0 aliphatic heterocycles. The number of ether oxygens (including phenoxy) is 1. The Hall–Kier alpha value is -3.27. The predicted octanol–water partition coefficient (Wildman–Crippen LogP) is 4.93. The second kappa shape index (κ2) is 14.4. The van der Waals surface area contributed by atoms with E-state index in [4.69, 9.17) is 27.9 Å². The van der Waals surface area contributed by atoms with Gasteiger partial charge in [0.05, 0.1) is 24.1 Å². The number of nitrogens with one attached hydrogen (secondary N) is 1. The zero-order valence-electron chi connectivity index (χ0n) is 22.6. The molecule has 11 heteroatoms. The van der Waals surface area contributed by atoms with Crippen LogP contribution >= 0.6 is 23.2 Å². The highest BCUT2D eigenvalue weighted by Crippen LogP contribution is 2.30. The lowest BCUT2D eigenvalue weighted by Crippen LogP contribution is -2.53. The van der Waals surface area contributed by atoms with Gasteiger partial charge in [-0.25, -0.2) is 8.42 Å². The second-order valence-corrected chi connectivity index (χ2v) is 12.0. The maximum absolute atomic E-state index is 14.0. The zero-order valence-corrected chi connectivity index (χ0v) is 25.0. The van der Waals surface area contributed by atoms with E-state index in [-0.39, 0.29) is 29.6 Å². The minimum Gasteiger partial charge on any atom is -0.495 e. The monoisotopic (exact) mass is 605 g/mol. The van der Waals surface area contributed by atoms with Gasteiger partial charge < -0.3 is 15.0 Å². The largest absolute Gasteiger partial charge is 0.495 e. The molecule has 3 rings (SSSR count). The highest BCUT2D eigenvalue weighted by Gasteiger charge is 2.33. The number of methoxy groups -OCH3 is 1. The summed E-state index contributed by atoms with van der Waals surface area (Å²) in [5.41, 5.74) is 1.74. The van der Waals surface area contributed by atoms with E-state index in [1.54, 1.807) is 24.3 Å². The zero-order chi connectivity index (χ0) is 29.3. The van der Waals surface area contributed by atoms with Crippen molar-refractivity contribution in [2.45, 2.75) is 32.4 Å². The quantitative estimate of drug-likeness (QED) is 0.298. The molecule has 0 radical (unpaired) electrons. The van der Waals surface area contributed by atoms with Crippen LogP contribution in [0.2, 0.25) is 10.0 Å². The first-order valence-corrected chi connectivity index (χ1v) is 15.3. The first-order valence-electron chi connectivity index (χ1n) is 12.7. The summed E-state index contributed by atoms with van der Waals surface area (Å²) in [6.07, 6.45) is 1.96. The molecule has 214 valence electrons. The summed E-state index contributed by atoms with van der Waals surface area (Å²) in [4.78, 5) is 28.9. The molecule has 0 heterocycles. The molecule has 0 aliphatic rings. The van der Waals surface area contributed by atoms with Crippen LogP contribution in [0.15, 0.2) is 72.8 Å². The fourth-order valence-corrected chi connectivity index (χ4v) is 5.48. The molecular weight excluding hydrogens is 573 g/mol. The molecular formula is C29H33Cl2N3O5S. The van der Waals surface area contributed by atoms with Gasteiger partial charge >= 0.3 is 0 Å². The van der Waals surface area contributed by atoms with Crippen molar-refractivity contribution >= 4 is 50.7 Å². The van der Waals surface area contributed by atoms with Crippen molar-refractivity contribution in [1.82, 2.24) is 10.2 Å². The molecule has 0 aliphatic carbocycles. The molecule has 0 aromatic heterocycles. The molecule has 0 bridgehead atoms. The van der Waals surface area contributed by atoms with Crippen molar-refractivity contribution in [2.75, 3.05) is 30.8 Å². The van der Waals surface area contributed by atoms with Gasteiger partial charge in [0.2, 0.25) is 21.8 Å². The number of anilines is 1. The first-order chi connectivity index (χ1) is 19.0. The van der Waals surface area contributed by atoms with E-state index >= 15 is 0 Å². The number of hydrogen-bond acceptors (Lipinski definition) is 5. The summed E-state index contributed by atoms with van der Waals surface area (Å²) in [5, 5.41) is 3.57. The molecule has 1 unspecified atom stereocenters. The van der Waals surface area contributed by atoms with Crippen LogP contribution in [0.3, 0.4) is 0 Å². The van der Waals surface area contributed by atoms with Gasteiger partial charge in [0.25, 0.3) is 0 Å². The lowest BCUT2D eigenvalue weighted by Gasteiger charge is -2.33. The molecule has 3 aromatic carbocycles. The Balaban J connectivity index is 2.05. The third-order valence-electron chi connectivity index (χ3n) is 6.16. The van der Waals surface area contributed by atoms with Crippen molar-refractivity contribution in [1.29, 1.82) is 0 Å². The lowest BCUT2D eigenvalue weighted by atomic mass is 10.0. The summed E-state index contributed by atoms with van der Waals surface area (Å²) >= 11 is 12.5. The van der Waals surface area contributed by atoms with Gasteiger partial charge in [-0.05, 0) is 47.9 Å². The number of nitrogens with zero attached hydrogens (tertiary/aromatic N) is 2. The molecule has 0 fully saturated rings. The van der Waals surface area contributed by atoms with Crippen LogP contribution in [0.1, 0.15) is 24.5 Å². The number of halogens is 2. The summed E-state index contributed by atoms with van der Waals surface area (Å²) in [5.74, 6) is -0.535. The van der Waals surface area contributed by atoms with Crippen LogP contribution in [0.25, 0.3) is 0 Å². The van der Waals surface area contributed by atoms with Gasteiger partial charge in [0.1, 0.15) is 18.3 Å². The Bertz CT molecular complexity index is 1420. The average Bonchev–Trinajstić information content (AvgIpc) is 2.92. The highest BCUT2D eigenvalue weighted by atomic mass is 35.5. The van der Waals surface area contributed by atoms with Crippen LogP contribution in [0.5, 0.6) is 5.75 Å². The van der Waals surface area contributed by atoms with Crippen LogP contribution in [0.4, 0.5) is 5.69 Å². The van der Waals surface area contributed by atoms with Crippen LogP contribution in [-0.2, 0) is 32.6 Å². The fourth-order valence-electron chi connectivity index (χ4n) is 4.18. The van der Waals surface area contributed by atoms with Gasteiger partial charge in [0.15, 0.2) is 0 Å². The Morgan fingerprint density at radius 3 is 2.27 bits per heavy atom. The van der Waals surface area contributed by atoms with E-state index in [0.29, 0.717) is 29.3 Å². The highest BCUT2D eigenvalue weighted by molar-refractivity contribution is 7.92. The minimum atomic E-state index is -3.92. The number of rotatable bonds is 13. The van der Waals surface area contributed by atoms with Crippen molar-refractivity contribution < 1.29 is 22.7 Å². The van der Waals surface area contributed by atoms with Crippen molar-refractivity contribution in [3.63, 3.8) is 0 Å². The Labute approximate surface area is 245 Å². The van der Waals surface area contributed by atoms with Gasteiger partial charge in [-0.1, -0.05) is 72.6 Å². The van der Waals surface area contributed by atoms with E-state index in [1.165, 1.54) is 30.2 Å². The molecule has 2 amide bonds. The second-order valence-electron chi connectivity index (χ2n) is 9.24. The van der Waals surface area contributed by atoms with Gasteiger partial charge in [-0.15, -0.1) is 0 Å². The SMILES string of the molecule is CCCNC(=O)C(Cc1ccccc1)N(Cc1cccc(Cl)c1)C(=O)CN(c1ccc(OC)c(Cl)c1)S(C)(=O)=O. The Morgan fingerprint density at radius 2 is 1.68 bits per heavy atom. The number of carbonyl (C=O) groups is 2. The van der Waals surface area contributed by atoms with Gasteiger partial charge in [-0.2, -0.15) is 0 Å². The Kier molecular flexibility index (Phi) is 11.2. The van der Waals surface area contributed by atoms with E-state index in [1.807, 2.05) is 37.3 Å². The summed E-state index contributed by atoms with van der Waals surface area (Å²) in [6, 6.07) is 19.9. The van der Waals surface area contributed by atoms with E-state index in [2.05, 4.69) is 5.32 Å². The van der Waals surface area contributed by atoms with E-state index in [0.717, 1.165) is 16.1 Å². The van der Waals surface area contributed by atoms with Crippen molar-refractivity contribution in [3.05, 3.63) is 94.0 Å². The molecule has 1 N–H and O–H groups in total. The van der Waals surface area contributed by atoms with E-state index in [9.17, 15) is 18.0 Å². The average molecular weight is 607 g/mol. The molecule has 40 heavy (non-hydrogen) atoms. The smallest absolute Gasteiger partial charge is 0.244 e. The van der Waals surface area contributed by atoms with E-state index < -0.39 is 28.5 Å². The van der Waals surface area contributed by atoms with Crippen molar-refractivity contribution in [3.8, 4) is 5.75 Å². The third-order valence-corrected chi connectivity index (χ3v) is 7.84. The molecule has 0 saturated carbocycles. The standard InChI is InChI=1S/C29H33Cl2N3O5S/c1-4-15-32-29(36)26(17-21-9-6-5-7-10-21)33(19-22-11-8-12-23(30)16-22)28(35)20-34(40(3,37)38)24-13-14-27(39-2)25(31)18-24/h5-14,16,18,26H,4,15,17,19-20H2,1-3H3,(H,32,36). The number of hydrogen-bond donors (Lipinski definition) is 1. The molecule has 8 nitrogen and oxygen atoms in total. The van der Waals surface area contributed by atoms with Gasteiger partial charge in [-0.3, -0.25) is 13.9 Å².